The van der Waals surface area contributed by atoms with Crippen LogP contribution in [0, 0.1) is 5.92 Å². The van der Waals surface area contributed by atoms with E-state index < -0.39 is 0 Å². The van der Waals surface area contributed by atoms with Crippen molar-refractivity contribution in [3.8, 4) is 0 Å². The minimum Gasteiger partial charge on any atom is -0.299 e. The molecule has 114 valence electrons. The molecular formula is C20H23NO. The first-order valence-corrected chi connectivity index (χ1v) is 8.07. The van der Waals surface area contributed by atoms with Gasteiger partial charge in [-0.3, -0.25) is 9.69 Å². The second kappa shape index (κ2) is 6.45. The SMILES string of the molecule is CC[C@H]1C(=O)C[C@H](c2ccccc2)N(C)[C@H]1c1ccccc1. The summed E-state index contributed by atoms with van der Waals surface area (Å²) in [6, 6.07) is 21.2. The summed E-state index contributed by atoms with van der Waals surface area (Å²) >= 11 is 0. The van der Waals surface area contributed by atoms with E-state index in [0.29, 0.717) is 12.2 Å². The zero-order valence-electron chi connectivity index (χ0n) is 13.3. The van der Waals surface area contributed by atoms with Crippen LogP contribution < -0.4 is 0 Å². The Hall–Kier alpha value is -1.93. The van der Waals surface area contributed by atoms with Crippen molar-refractivity contribution in [2.45, 2.75) is 31.8 Å². The number of hydrogen-bond donors (Lipinski definition) is 0. The highest BCUT2D eigenvalue weighted by molar-refractivity contribution is 5.83. The summed E-state index contributed by atoms with van der Waals surface area (Å²) < 4.78 is 0. The van der Waals surface area contributed by atoms with Gasteiger partial charge in [0.2, 0.25) is 0 Å². The summed E-state index contributed by atoms with van der Waals surface area (Å²) in [5, 5.41) is 0. The van der Waals surface area contributed by atoms with Crippen molar-refractivity contribution in [1.82, 2.24) is 4.90 Å². The first kappa shape index (κ1) is 15.0. The zero-order valence-corrected chi connectivity index (χ0v) is 13.3. The molecule has 1 aliphatic rings. The third-order valence-corrected chi connectivity index (χ3v) is 4.88. The normalized spacial score (nSPS) is 26.1. The topological polar surface area (TPSA) is 20.3 Å². The van der Waals surface area contributed by atoms with Crippen LogP contribution in [0.1, 0.15) is 43.0 Å². The molecule has 1 saturated heterocycles. The number of Topliss-reactive ketones (excluding diaryl/α,β-unsaturated/α-hetero) is 1. The number of ketones is 1. The quantitative estimate of drug-likeness (QED) is 0.836. The summed E-state index contributed by atoms with van der Waals surface area (Å²) in [5.41, 5.74) is 2.47. The van der Waals surface area contributed by atoms with E-state index in [9.17, 15) is 4.79 Å². The van der Waals surface area contributed by atoms with Gasteiger partial charge in [-0.25, -0.2) is 0 Å². The fourth-order valence-electron chi connectivity index (χ4n) is 3.74. The van der Waals surface area contributed by atoms with Crippen LogP contribution >= 0.6 is 0 Å². The number of benzene rings is 2. The number of hydrogen-bond acceptors (Lipinski definition) is 2. The molecule has 0 amide bonds. The van der Waals surface area contributed by atoms with E-state index in [-0.39, 0.29) is 18.0 Å². The molecule has 2 heteroatoms. The predicted molar refractivity (Wildman–Crippen MR) is 89.5 cm³/mol. The molecule has 0 aliphatic carbocycles. The van der Waals surface area contributed by atoms with Crippen LogP contribution in [0.3, 0.4) is 0 Å². The number of likely N-dealkylation sites (tertiary alicyclic amines) is 1. The van der Waals surface area contributed by atoms with Crippen LogP contribution in [0.5, 0.6) is 0 Å². The van der Waals surface area contributed by atoms with Crippen molar-refractivity contribution in [3.05, 3.63) is 71.8 Å². The third-order valence-electron chi connectivity index (χ3n) is 4.88. The minimum atomic E-state index is 0.0902. The molecule has 1 fully saturated rings. The zero-order chi connectivity index (χ0) is 15.5. The highest BCUT2D eigenvalue weighted by Crippen LogP contribution is 2.43. The van der Waals surface area contributed by atoms with Crippen molar-refractivity contribution in [2.75, 3.05) is 7.05 Å². The van der Waals surface area contributed by atoms with Crippen LogP contribution in [0.2, 0.25) is 0 Å². The maximum Gasteiger partial charge on any atom is 0.139 e. The van der Waals surface area contributed by atoms with E-state index >= 15 is 0 Å². The van der Waals surface area contributed by atoms with Gasteiger partial charge in [0.15, 0.2) is 0 Å². The number of rotatable bonds is 3. The van der Waals surface area contributed by atoms with Gasteiger partial charge in [0.05, 0.1) is 0 Å². The molecule has 22 heavy (non-hydrogen) atoms. The highest BCUT2D eigenvalue weighted by Gasteiger charge is 2.40. The first-order valence-electron chi connectivity index (χ1n) is 8.07. The van der Waals surface area contributed by atoms with Gasteiger partial charge in [-0.1, -0.05) is 67.6 Å². The van der Waals surface area contributed by atoms with Crippen molar-refractivity contribution in [2.24, 2.45) is 5.92 Å². The third kappa shape index (κ3) is 2.71. The van der Waals surface area contributed by atoms with E-state index in [1.807, 2.05) is 12.1 Å². The van der Waals surface area contributed by atoms with Gasteiger partial charge in [0.1, 0.15) is 5.78 Å². The van der Waals surface area contributed by atoms with Gasteiger partial charge in [-0.15, -0.1) is 0 Å². The Labute approximate surface area is 132 Å². The summed E-state index contributed by atoms with van der Waals surface area (Å²) in [4.78, 5) is 15.1. The molecule has 0 radical (unpaired) electrons. The molecule has 0 spiro atoms. The lowest BCUT2D eigenvalue weighted by atomic mass is 9.78. The van der Waals surface area contributed by atoms with Crippen LogP contribution in [0.25, 0.3) is 0 Å². The monoisotopic (exact) mass is 293 g/mol. The molecule has 3 atom stereocenters. The Morgan fingerprint density at radius 3 is 2.05 bits per heavy atom. The second-order valence-corrected chi connectivity index (χ2v) is 6.13. The van der Waals surface area contributed by atoms with E-state index in [1.54, 1.807) is 0 Å². The second-order valence-electron chi connectivity index (χ2n) is 6.13. The predicted octanol–water partition coefficient (Wildman–Crippen LogP) is 4.40. The van der Waals surface area contributed by atoms with E-state index in [2.05, 4.69) is 67.4 Å². The van der Waals surface area contributed by atoms with Crippen LogP contribution in [-0.2, 0) is 4.79 Å². The average Bonchev–Trinajstić information content (AvgIpc) is 2.57. The molecule has 0 bridgehead atoms. The number of nitrogens with zero attached hydrogens (tertiary/aromatic N) is 1. The van der Waals surface area contributed by atoms with Crippen LogP contribution in [0.4, 0.5) is 0 Å². The summed E-state index contributed by atoms with van der Waals surface area (Å²) in [7, 11) is 2.16. The largest absolute Gasteiger partial charge is 0.299 e. The maximum absolute atomic E-state index is 12.7. The standard InChI is InChI=1S/C20H23NO/c1-3-17-19(22)14-18(15-10-6-4-7-11-15)21(2)20(17)16-12-8-5-9-13-16/h4-13,17-18,20H,3,14H2,1-2H3/t17-,18+,20-/m0/s1. The molecular weight excluding hydrogens is 270 g/mol. The lowest BCUT2D eigenvalue weighted by Crippen LogP contribution is -2.43. The molecule has 2 aromatic rings. The fourth-order valence-corrected chi connectivity index (χ4v) is 3.74. The Morgan fingerprint density at radius 1 is 0.955 bits per heavy atom. The molecule has 3 rings (SSSR count). The average molecular weight is 293 g/mol. The Kier molecular flexibility index (Phi) is 4.39. The maximum atomic E-state index is 12.7. The van der Waals surface area contributed by atoms with Gasteiger partial charge < -0.3 is 0 Å². The molecule has 0 unspecified atom stereocenters. The molecule has 1 aliphatic heterocycles. The summed E-state index contributed by atoms with van der Waals surface area (Å²) in [5.74, 6) is 0.482. The fraction of sp³-hybridized carbons (Fsp3) is 0.350. The van der Waals surface area contributed by atoms with Crippen molar-refractivity contribution in [3.63, 3.8) is 0 Å². The Morgan fingerprint density at radius 2 is 1.50 bits per heavy atom. The van der Waals surface area contributed by atoms with E-state index in [0.717, 1.165) is 6.42 Å². The van der Waals surface area contributed by atoms with Gasteiger partial charge in [0, 0.05) is 24.4 Å². The molecule has 1 heterocycles. The molecule has 0 saturated carbocycles. The first-order chi connectivity index (χ1) is 10.7. The van der Waals surface area contributed by atoms with Gasteiger partial charge in [-0.2, -0.15) is 0 Å². The lowest BCUT2D eigenvalue weighted by molar-refractivity contribution is -0.131. The molecule has 0 N–H and O–H groups in total. The van der Waals surface area contributed by atoms with Gasteiger partial charge >= 0.3 is 0 Å². The summed E-state index contributed by atoms with van der Waals surface area (Å²) in [6.45, 7) is 2.12. The van der Waals surface area contributed by atoms with Crippen LogP contribution in [-0.4, -0.2) is 17.7 Å². The van der Waals surface area contributed by atoms with Gasteiger partial charge in [-0.05, 0) is 24.6 Å². The lowest BCUT2D eigenvalue weighted by Gasteiger charge is -2.44. The number of carbonyl (C=O) groups is 1. The van der Waals surface area contributed by atoms with E-state index in [1.165, 1.54) is 11.1 Å². The van der Waals surface area contributed by atoms with Crippen molar-refractivity contribution in [1.29, 1.82) is 0 Å². The Bertz CT molecular complexity index is 623. The van der Waals surface area contributed by atoms with E-state index in [4.69, 9.17) is 0 Å². The summed E-state index contributed by atoms with van der Waals surface area (Å²) in [6.07, 6.45) is 1.51. The van der Waals surface area contributed by atoms with Gasteiger partial charge in [0.25, 0.3) is 0 Å². The highest BCUT2D eigenvalue weighted by atomic mass is 16.1. The number of carbonyl (C=O) groups excluding carboxylic acids is 1. The Balaban J connectivity index is 1.99. The molecule has 2 nitrogen and oxygen atoms in total. The molecule has 0 aromatic heterocycles. The number of piperidine rings is 1. The smallest absolute Gasteiger partial charge is 0.139 e. The minimum absolute atomic E-state index is 0.0902. The molecule has 2 aromatic carbocycles. The van der Waals surface area contributed by atoms with Crippen LogP contribution in [0.15, 0.2) is 60.7 Å². The van der Waals surface area contributed by atoms with Crippen molar-refractivity contribution < 1.29 is 4.79 Å². The van der Waals surface area contributed by atoms with Crippen molar-refractivity contribution >= 4 is 5.78 Å².